The van der Waals surface area contributed by atoms with Gasteiger partial charge in [-0.05, 0) is 59.5 Å². The first-order valence-corrected chi connectivity index (χ1v) is 8.12. The first-order valence-electron chi connectivity index (χ1n) is 5.92. The molecule has 1 aliphatic rings. The number of piperidine rings is 1. The summed E-state index contributed by atoms with van der Waals surface area (Å²) >= 11 is 5.50. The number of nitrogens with zero attached hydrogens (tertiary/aromatic N) is 1. The second kappa shape index (κ2) is 6.32. The first kappa shape index (κ1) is 14.2. The zero-order chi connectivity index (χ0) is 13.1. The smallest absolute Gasteiger partial charge is 0.254 e. The number of halogens is 3. The molecule has 0 radical (unpaired) electrons. The lowest BCUT2D eigenvalue weighted by Crippen LogP contribution is -2.39. The quantitative estimate of drug-likeness (QED) is 0.522. The van der Waals surface area contributed by atoms with Crippen LogP contribution >= 0.6 is 38.5 Å². The molecule has 1 fully saturated rings. The molecule has 1 saturated heterocycles. The van der Waals surface area contributed by atoms with Crippen molar-refractivity contribution >= 4 is 44.4 Å². The SMILES string of the molecule is O=C(c1ccc(F)cc1I)N1CCC(CBr)CC1. The highest BCUT2D eigenvalue weighted by Crippen LogP contribution is 2.22. The summed E-state index contributed by atoms with van der Waals surface area (Å²) in [6, 6.07) is 4.33. The monoisotopic (exact) mass is 425 g/mol. The molecule has 0 bridgehead atoms. The largest absolute Gasteiger partial charge is 0.339 e. The molecule has 0 unspecified atom stereocenters. The maximum Gasteiger partial charge on any atom is 0.254 e. The first-order chi connectivity index (χ1) is 8.61. The molecule has 0 aliphatic carbocycles. The second-order valence-corrected chi connectivity index (χ2v) is 6.32. The van der Waals surface area contributed by atoms with Gasteiger partial charge in [0, 0.05) is 22.0 Å². The minimum Gasteiger partial charge on any atom is -0.339 e. The van der Waals surface area contributed by atoms with Crippen molar-refractivity contribution in [3.8, 4) is 0 Å². The highest BCUT2D eigenvalue weighted by Gasteiger charge is 2.24. The van der Waals surface area contributed by atoms with Crippen molar-refractivity contribution in [2.45, 2.75) is 12.8 Å². The molecule has 0 N–H and O–H groups in total. The molecule has 98 valence electrons. The third-order valence-electron chi connectivity index (χ3n) is 3.28. The van der Waals surface area contributed by atoms with Gasteiger partial charge in [0.25, 0.3) is 5.91 Å². The van der Waals surface area contributed by atoms with Crippen LogP contribution in [-0.4, -0.2) is 29.2 Å². The minimum atomic E-state index is -0.297. The highest BCUT2D eigenvalue weighted by molar-refractivity contribution is 14.1. The number of likely N-dealkylation sites (tertiary alicyclic amines) is 1. The summed E-state index contributed by atoms with van der Waals surface area (Å²) < 4.78 is 13.7. The highest BCUT2D eigenvalue weighted by atomic mass is 127. The van der Waals surface area contributed by atoms with E-state index in [1.165, 1.54) is 12.1 Å². The molecule has 1 amide bonds. The Hall–Kier alpha value is -0.170. The number of carbonyl (C=O) groups excluding carboxylic acids is 1. The average molecular weight is 426 g/mol. The molecule has 2 nitrogen and oxygen atoms in total. The molecule has 0 aromatic heterocycles. The summed E-state index contributed by atoms with van der Waals surface area (Å²) in [5, 5.41) is 1.00. The van der Waals surface area contributed by atoms with Gasteiger partial charge in [0.15, 0.2) is 0 Å². The Morgan fingerprint density at radius 3 is 2.67 bits per heavy atom. The van der Waals surface area contributed by atoms with E-state index in [-0.39, 0.29) is 11.7 Å². The van der Waals surface area contributed by atoms with E-state index in [0.29, 0.717) is 15.1 Å². The van der Waals surface area contributed by atoms with Gasteiger partial charge in [-0.25, -0.2) is 4.39 Å². The van der Waals surface area contributed by atoms with E-state index in [2.05, 4.69) is 15.9 Å². The van der Waals surface area contributed by atoms with E-state index >= 15 is 0 Å². The van der Waals surface area contributed by atoms with Crippen molar-refractivity contribution in [1.29, 1.82) is 0 Å². The summed E-state index contributed by atoms with van der Waals surface area (Å²) in [5.74, 6) is 0.391. The Balaban J connectivity index is 2.08. The number of hydrogen-bond acceptors (Lipinski definition) is 1. The van der Waals surface area contributed by atoms with E-state index in [4.69, 9.17) is 0 Å². The maximum atomic E-state index is 13.0. The van der Waals surface area contributed by atoms with Gasteiger partial charge in [-0.2, -0.15) is 0 Å². The molecule has 5 heteroatoms. The zero-order valence-electron chi connectivity index (χ0n) is 9.83. The molecule has 1 aromatic carbocycles. The Kier molecular flexibility index (Phi) is 5.00. The van der Waals surface area contributed by atoms with Gasteiger partial charge in [0.05, 0.1) is 5.56 Å². The maximum absolute atomic E-state index is 13.0. The summed E-state index contributed by atoms with van der Waals surface area (Å²) in [4.78, 5) is 14.2. The second-order valence-electron chi connectivity index (χ2n) is 4.51. The van der Waals surface area contributed by atoms with E-state index in [9.17, 15) is 9.18 Å². The molecule has 0 spiro atoms. The van der Waals surface area contributed by atoms with Crippen molar-refractivity contribution in [1.82, 2.24) is 4.90 Å². The van der Waals surface area contributed by atoms with Gasteiger partial charge < -0.3 is 4.90 Å². The Labute approximate surface area is 128 Å². The lowest BCUT2D eigenvalue weighted by molar-refractivity contribution is 0.0698. The fraction of sp³-hybridized carbons (Fsp3) is 0.462. The molecule has 18 heavy (non-hydrogen) atoms. The summed E-state index contributed by atoms with van der Waals surface area (Å²) in [5.41, 5.74) is 0.606. The van der Waals surface area contributed by atoms with Crippen LogP contribution in [0.2, 0.25) is 0 Å². The molecule has 1 aromatic rings. The normalized spacial score (nSPS) is 16.9. The molecule has 1 heterocycles. The van der Waals surface area contributed by atoms with Gasteiger partial charge in [-0.3, -0.25) is 4.79 Å². The van der Waals surface area contributed by atoms with Crippen LogP contribution in [0.3, 0.4) is 0 Å². The summed E-state index contributed by atoms with van der Waals surface area (Å²) in [7, 11) is 0. The van der Waals surface area contributed by atoms with Gasteiger partial charge in [0.1, 0.15) is 5.82 Å². The predicted molar refractivity (Wildman–Crippen MR) is 81.5 cm³/mol. The number of alkyl halides is 1. The lowest BCUT2D eigenvalue weighted by atomic mass is 9.98. The van der Waals surface area contributed by atoms with Crippen molar-refractivity contribution in [3.63, 3.8) is 0 Å². The number of benzene rings is 1. The lowest BCUT2D eigenvalue weighted by Gasteiger charge is -2.31. The van der Waals surface area contributed by atoms with Crippen LogP contribution in [-0.2, 0) is 0 Å². The van der Waals surface area contributed by atoms with Crippen LogP contribution in [0.5, 0.6) is 0 Å². The molecule has 0 saturated carbocycles. The van der Waals surface area contributed by atoms with Gasteiger partial charge in [0.2, 0.25) is 0 Å². The Morgan fingerprint density at radius 1 is 1.44 bits per heavy atom. The van der Waals surface area contributed by atoms with Crippen LogP contribution < -0.4 is 0 Å². The number of hydrogen-bond donors (Lipinski definition) is 0. The zero-order valence-corrected chi connectivity index (χ0v) is 13.6. The molecule has 1 aliphatic heterocycles. The number of rotatable bonds is 2. The van der Waals surface area contributed by atoms with Crippen LogP contribution in [0.1, 0.15) is 23.2 Å². The van der Waals surface area contributed by atoms with Crippen LogP contribution in [0.25, 0.3) is 0 Å². The van der Waals surface area contributed by atoms with E-state index in [0.717, 1.165) is 31.3 Å². The van der Waals surface area contributed by atoms with Crippen molar-refractivity contribution in [2.75, 3.05) is 18.4 Å². The van der Waals surface area contributed by atoms with Crippen LogP contribution in [0, 0.1) is 15.3 Å². The van der Waals surface area contributed by atoms with Crippen molar-refractivity contribution in [3.05, 3.63) is 33.1 Å². The Morgan fingerprint density at radius 2 is 2.11 bits per heavy atom. The molecule has 0 atom stereocenters. The summed E-state index contributed by atoms with van der Waals surface area (Å²) in [6.07, 6.45) is 2.07. The third-order valence-corrected chi connectivity index (χ3v) is 5.09. The summed E-state index contributed by atoms with van der Waals surface area (Å²) in [6.45, 7) is 1.59. The number of amides is 1. The van der Waals surface area contributed by atoms with Gasteiger partial charge >= 0.3 is 0 Å². The van der Waals surface area contributed by atoms with Gasteiger partial charge in [-0.15, -0.1) is 0 Å². The fourth-order valence-corrected chi connectivity index (χ4v) is 3.48. The van der Waals surface area contributed by atoms with Crippen molar-refractivity contribution in [2.24, 2.45) is 5.92 Å². The average Bonchev–Trinajstić information content (AvgIpc) is 2.38. The fourth-order valence-electron chi connectivity index (χ4n) is 2.12. The molecular weight excluding hydrogens is 412 g/mol. The number of carbonyl (C=O) groups is 1. The van der Waals surface area contributed by atoms with Crippen LogP contribution in [0.4, 0.5) is 4.39 Å². The molecular formula is C13H14BrFINO. The standard InChI is InChI=1S/C13H14BrFINO/c14-8-9-3-5-17(6-4-9)13(18)11-2-1-10(15)7-12(11)16/h1-2,7,9H,3-6,8H2. The van der Waals surface area contributed by atoms with Gasteiger partial charge in [-0.1, -0.05) is 15.9 Å². The third kappa shape index (κ3) is 3.23. The van der Waals surface area contributed by atoms with E-state index in [1.54, 1.807) is 6.07 Å². The topological polar surface area (TPSA) is 20.3 Å². The predicted octanol–water partition coefficient (Wildman–Crippen LogP) is 3.68. The Bertz CT molecular complexity index is 447. The minimum absolute atomic E-state index is 0.0208. The van der Waals surface area contributed by atoms with E-state index in [1.807, 2.05) is 27.5 Å². The molecule has 2 rings (SSSR count). The van der Waals surface area contributed by atoms with Crippen molar-refractivity contribution < 1.29 is 9.18 Å². The van der Waals surface area contributed by atoms with Crippen LogP contribution in [0.15, 0.2) is 18.2 Å². The van der Waals surface area contributed by atoms with E-state index < -0.39 is 0 Å².